The zero-order chi connectivity index (χ0) is 14.1. The summed E-state index contributed by atoms with van der Waals surface area (Å²) in [4.78, 5) is 0. The van der Waals surface area contributed by atoms with Gasteiger partial charge in [0.1, 0.15) is 5.75 Å². The van der Waals surface area contributed by atoms with E-state index in [2.05, 4.69) is 19.0 Å². The summed E-state index contributed by atoms with van der Waals surface area (Å²) < 4.78 is 0. The molecule has 1 unspecified atom stereocenters. The predicted molar refractivity (Wildman–Crippen MR) is 79.3 cm³/mol. The van der Waals surface area contributed by atoms with Gasteiger partial charge in [0.05, 0.1) is 6.21 Å². The minimum Gasteiger partial charge on any atom is -0.507 e. The summed E-state index contributed by atoms with van der Waals surface area (Å²) in [5.41, 5.74) is 1.75. The number of rotatable bonds is 8. The molecule has 106 valence electrons. The second kappa shape index (κ2) is 8.57. The third kappa shape index (κ3) is 5.33. The monoisotopic (exact) mass is 263 g/mol. The van der Waals surface area contributed by atoms with Gasteiger partial charge in [-0.2, -0.15) is 0 Å². The van der Waals surface area contributed by atoms with Gasteiger partial charge >= 0.3 is 0 Å². The highest BCUT2D eigenvalue weighted by atomic mass is 16.4. The average molecular weight is 263 g/mol. The zero-order valence-electron chi connectivity index (χ0n) is 12.0. The molecule has 0 amide bonds. The van der Waals surface area contributed by atoms with Crippen molar-refractivity contribution in [1.29, 1.82) is 0 Å². The first-order chi connectivity index (χ1) is 9.19. The molecule has 3 heteroatoms. The van der Waals surface area contributed by atoms with Crippen molar-refractivity contribution in [2.24, 2.45) is 5.16 Å². The van der Waals surface area contributed by atoms with Crippen molar-refractivity contribution < 1.29 is 10.3 Å². The Morgan fingerprint density at radius 3 is 2.63 bits per heavy atom. The fourth-order valence-corrected chi connectivity index (χ4v) is 2.27. The molecule has 0 spiro atoms. The van der Waals surface area contributed by atoms with Crippen LogP contribution in [-0.2, 0) is 0 Å². The first-order valence-electron chi connectivity index (χ1n) is 7.19. The largest absolute Gasteiger partial charge is 0.507 e. The standard InChI is InChI=1S/C16H25NO2/c1-3-4-5-6-7-8-13(2)14-9-10-16(18)15(11-14)12-17-19/h9-13,18-19H,3-8H2,1-2H3/b17-12+. The Bertz CT molecular complexity index is 402. The molecule has 0 heterocycles. The van der Waals surface area contributed by atoms with Crippen LogP contribution in [0, 0.1) is 0 Å². The number of benzene rings is 1. The van der Waals surface area contributed by atoms with Crippen molar-refractivity contribution in [2.45, 2.75) is 58.3 Å². The lowest BCUT2D eigenvalue weighted by molar-refractivity contribution is 0.321. The first kappa shape index (κ1) is 15.5. The maximum atomic E-state index is 9.62. The second-order valence-electron chi connectivity index (χ2n) is 5.17. The van der Waals surface area contributed by atoms with E-state index in [0.29, 0.717) is 11.5 Å². The van der Waals surface area contributed by atoms with Gasteiger partial charge in [-0.15, -0.1) is 0 Å². The smallest absolute Gasteiger partial charge is 0.124 e. The van der Waals surface area contributed by atoms with E-state index < -0.39 is 0 Å². The van der Waals surface area contributed by atoms with Gasteiger partial charge in [0.15, 0.2) is 0 Å². The molecule has 0 radical (unpaired) electrons. The number of phenolic OH excluding ortho intramolecular Hbond substituents is 1. The summed E-state index contributed by atoms with van der Waals surface area (Å²) in [5.74, 6) is 0.616. The van der Waals surface area contributed by atoms with Gasteiger partial charge < -0.3 is 10.3 Å². The minimum atomic E-state index is 0.150. The van der Waals surface area contributed by atoms with Crippen LogP contribution in [0.4, 0.5) is 0 Å². The van der Waals surface area contributed by atoms with E-state index in [9.17, 15) is 5.11 Å². The van der Waals surface area contributed by atoms with Crippen molar-refractivity contribution in [1.82, 2.24) is 0 Å². The summed E-state index contributed by atoms with van der Waals surface area (Å²) in [6.07, 6.45) is 8.88. The molecule has 1 aromatic carbocycles. The number of unbranched alkanes of at least 4 members (excludes halogenated alkanes) is 4. The normalized spacial score (nSPS) is 12.9. The van der Waals surface area contributed by atoms with Crippen LogP contribution in [0.3, 0.4) is 0 Å². The van der Waals surface area contributed by atoms with Gasteiger partial charge in [0.2, 0.25) is 0 Å². The number of aromatic hydroxyl groups is 1. The molecular weight excluding hydrogens is 238 g/mol. The molecule has 0 fully saturated rings. The van der Waals surface area contributed by atoms with E-state index in [1.807, 2.05) is 12.1 Å². The van der Waals surface area contributed by atoms with Crippen molar-refractivity contribution >= 4 is 6.21 Å². The Kier molecular flexibility index (Phi) is 7.01. The van der Waals surface area contributed by atoms with Gasteiger partial charge in [-0.1, -0.05) is 57.2 Å². The number of phenols is 1. The Morgan fingerprint density at radius 1 is 1.21 bits per heavy atom. The summed E-state index contributed by atoms with van der Waals surface area (Å²) in [5, 5.41) is 21.2. The predicted octanol–water partition coefficient (Wildman–Crippen LogP) is 4.66. The van der Waals surface area contributed by atoms with Gasteiger partial charge in [-0.3, -0.25) is 0 Å². The van der Waals surface area contributed by atoms with Crippen LogP contribution in [0.5, 0.6) is 5.75 Å². The Hall–Kier alpha value is -1.51. The molecule has 1 atom stereocenters. The maximum Gasteiger partial charge on any atom is 0.124 e. The quantitative estimate of drug-likeness (QED) is 0.310. The van der Waals surface area contributed by atoms with E-state index in [1.54, 1.807) is 6.07 Å². The molecule has 0 aliphatic carbocycles. The number of hydrogen-bond donors (Lipinski definition) is 2. The van der Waals surface area contributed by atoms with Gasteiger partial charge in [-0.25, -0.2) is 0 Å². The molecule has 1 rings (SSSR count). The van der Waals surface area contributed by atoms with Crippen molar-refractivity contribution in [2.75, 3.05) is 0 Å². The van der Waals surface area contributed by atoms with E-state index >= 15 is 0 Å². The number of nitrogens with zero attached hydrogens (tertiary/aromatic N) is 1. The molecule has 0 saturated carbocycles. The maximum absolute atomic E-state index is 9.62. The summed E-state index contributed by atoms with van der Waals surface area (Å²) >= 11 is 0. The topological polar surface area (TPSA) is 52.8 Å². The lowest BCUT2D eigenvalue weighted by Crippen LogP contribution is -1.96. The van der Waals surface area contributed by atoms with E-state index in [1.165, 1.54) is 43.9 Å². The van der Waals surface area contributed by atoms with Gasteiger partial charge in [0.25, 0.3) is 0 Å². The highest BCUT2D eigenvalue weighted by Crippen LogP contribution is 2.26. The van der Waals surface area contributed by atoms with E-state index in [4.69, 9.17) is 5.21 Å². The van der Waals surface area contributed by atoms with Crippen LogP contribution >= 0.6 is 0 Å². The third-order valence-corrected chi connectivity index (χ3v) is 3.56. The highest BCUT2D eigenvalue weighted by molar-refractivity contribution is 5.83. The number of oxime groups is 1. The van der Waals surface area contributed by atoms with Crippen LogP contribution in [0.1, 0.15) is 69.4 Å². The zero-order valence-corrected chi connectivity index (χ0v) is 12.0. The molecule has 0 saturated heterocycles. The lowest BCUT2D eigenvalue weighted by atomic mass is 9.93. The van der Waals surface area contributed by atoms with Crippen LogP contribution in [0.15, 0.2) is 23.4 Å². The molecule has 0 aliphatic heterocycles. The van der Waals surface area contributed by atoms with Gasteiger partial charge in [0, 0.05) is 5.56 Å². The fraction of sp³-hybridized carbons (Fsp3) is 0.562. The second-order valence-corrected chi connectivity index (χ2v) is 5.17. The van der Waals surface area contributed by atoms with Crippen LogP contribution in [0.2, 0.25) is 0 Å². The van der Waals surface area contributed by atoms with E-state index in [-0.39, 0.29) is 5.75 Å². The molecule has 19 heavy (non-hydrogen) atoms. The highest BCUT2D eigenvalue weighted by Gasteiger charge is 2.08. The van der Waals surface area contributed by atoms with Crippen molar-refractivity contribution in [3.05, 3.63) is 29.3 Å². The first-order valence-corrected chi connectivity index (χ1v) is 7.19. The molecule has 1 aromatic rings. The molecule has 3 nitrogen and oxygen atoms in total. The van der Waals surface area contributed by atoms with Gasteiger partial charge in [-0.05, 0) is 30.0 Å². The van der Waals surface area contributed by atoms with Crippen molar-refractivity contribution in [3.8, 4) is 5.75 Å². The van der Waals surface area contributed by atoms with Crippen LogP contribution < -0.4 is 0 Å². The van der Waals surface area contributed by atoms with E-state index in [0.717, 1.165) is 6.42 Å². The SMILES string of the molecule is CCCCCCCC(C)c1ccc(O)c(/C=N/O)c1. The van der Waals surface area contributed by atoms with Crippen molar-refractivity contribution in [3.63, 3.8) is 0 Å². The van der Waals surface area contributed by atoms with Crippen LogP contribution in [-0.4, -0.2) is 16.5 Å². The molecule has 0 bridgehead atoms. The summed E-state index contributed by atoms with van der Waals surface area (Å²) in [7, 11) is 0. The fourth-order valence-electron chi connectivity index (χ4n) is 2.27. The molecule has 2 N–H and O–H groups in total. The molecule has 0 aromatic heterocycles. The summed E-state index contributed by atoms with van der Waals surface area (Å²) in [6, 6.07) is 5.51. The Balaban J connectivity index is 2.52. The number of hydrogen-bond acceptors (Lipinski definition) is 3. The van der Waals surface area contributed by atoms with Crippen LogP contribution in [0.25, 0.3) is 0 Å². The minimum absolute atomic E-state index is 0.150. The Labute approximate surface area is 116 Å². The third-order valence-electron chi connectivity index (χ3n) is 3.56. The molecule has 0 aliphatic rings. The molecular formula is C16H25NO2. The lowest BCUT2D eigenvalue weighted by Gasteiger charge is -2.13. The summed E-state index contributed by atoms with van der Waals surface area (Å²) in [6.45, 7) is 4.43. The average Bonchev–Trinajstić information content (AvgIpc) is 2.41. The Morgan fingerprint density at radius 2 is 1.95 bits per heavy atom.